The van der Waals surface area contributed by atoms with Crippen molar-refractivity contribution in [2.24, 2.45) is 5.18 Å². The monoisotopic (exact) mass is 158 g/mol. The fourth-order valence-corrected chi connectivity index (χ4v) is 0.627. The predicted molar refractivity (Wildman–Crippen MR) is 33.2 cm³/mol. The third-order valence-corrected chi connectivity index (χ3v) is 1.03. The minimum absolute atomic E-state index is 0. The average Bonchev–Trinajstić information content (AvgIpc) is 1.88. The van der Waals surface area contributed by atoms with Gasteiger partial charge in [0.05, 0.1) is 0 Å². The Labute approximate surface area is 64.9 Å². The maximum Gasteiger partial charge on any atom is 0.178 e. The molecule has 1 N–H and O–H groups in total. The van der Waals surface area contributed by atoms with Crippen molar-refractivity contribution in [3.05, 3.63) is 28.9 Å². The van der Waals surface area contributed by atoms with Gasteiger partial charge in [-0.1, -0.05) is 0 Å². The molecule has 10 heavy (non-hydrogen) atoms. The van der Waals surface area contributed by atoms with Crippen molar-refractivity contribution < 1.29 is 17.4 Å². The normalized spacial score (nSPS) is 8.10. The first kappa shape index (κ1) is 9.04. The Bertz CT molecular complexity index is 227. The first-order chi connectivity index (χ1) is 4.33. The molecule has 0 aliphatic rings. The highest BCUT2D eigenvalue weighted by Crippen LogP contribution is 2.07. The van der Waals surface area contributed by atoms with Crippen molar-refractivity contribution in [3.63, 3.8) is 0 Å². The number of hydrogen-bond donors (Lipinski definition) is 0. The Hall–Kier alpha value is -0.960. The van der Waals surface area contributed by atoms with Gasteiger partial charge in [-0.3, -0.25) is 0 Å². The third-order valence-electron chi connectivity index (χ3n) is 1.03. The van der Waals surface area contributed by atoms with Gasteiger partial charge in [-0.15, -0.1) is 4.91 Å². The summed E-state index contributed by atoms with van der Waals surface area (Å²) in [4.78, 5) is 12.8. The maximum absolute atomic E-state index is 9.89. The van der Waals surface area contributed by atoms with Crippen LogP contribution in [-0.2, 0) is 0 Å². The fourth-order valence-electron chi connectivity index (χ4n) is 0.627. The van der Waals surface area contributed by atoms with Crippen molar-refractivity contribution in [1.29, 1.82) is 0 Å². The lowest BCUT2D eigenvalue weighted by Crippen LogP contribution is -3.00. The number of nitroso groups, excluding NO2 is 1. The molecule has 0 radical (unpaired) electrons. The molecule has 0 amide bonds. The first-order valence-electron chi connectivity index (χ1n) is 2.64. The van der Waals surface area contributed by atoms with Crippen LogP contribution in [0.4, 0.5) is 5.69 Å². The van der Waals surface area contributed by atoms with E-state index in [1.165, 1.54) is 0 Å². The van der Waals surface area contributed by atoms with E-state index in [1.807, 2.05) is 6.92 Å². The van der Waals surface area contributed by atoms with Gasteiger partial charge >= 0.3 is 0 Å². The zero-order chi connectivity index (χ0) is 6.69. The molecule has 1 aromatic rings. The molecule has 54 valence electrons. The largest absolute Gasteiger partial charge is 1.00 e. The molecule has 0 spiro atoms. The van der Waals surface area contributed by atoms with Crippen LogP contribution in [0.25, 0.3) is 0 Å². The van der Waals surface area contributed by atoms with Crippen LogP contribution in [0.15, 0.2) is 23.5 Å². The smallest absolute Gasteiger partial charge is 0.178 e. The van der Waals surface area contributed by atoms with Gasteiger partial charge in [0.2, 0.25) is 0 Å². The van der Waals surface area contributed by atoms with Gasteiger partial charge in [-0.2, -0.15) is 0 Å². The van der Waals surface area contributed by atoms with Gasteiger partial charge in [0.25, 0.3) is 0 Å². The lowest BCUT2D eigenvalue weighted by Gasteiger charge is -1.82. The van der Waals surface area contributed by atoms with Gasteiger partial charge in [-0.05, 0) is 5.18 Å². The Kier molecular flexibility index (Phi) is 3.57. The molecule has 0 saturated heterocycles. The zero-order valence-corrected chi connectivity index (χ0v) is 6.22. The van der Waals surface area contributed by atoms with Crippen LogP contribution in [0.2, 0.25) is 0 Å². The molecule has 4 heteroatoms. The maximum atomic E-state index is 9.89. The molecule has 0 aromatic carbocycles. The molecule has 0 unspecified atom stereocenters. The van der Waals surface area contributed by atoms with E-state index in [2.05, 4.69) is 10.2 Å². The lowest BCUT2D eigenvalue weighted by atomic mass is 10.3. The molecule has 0 aliphatic carbocycles. The Morgan fingerprint density at radius 3 is 2.70 bits per heavy atom. The average molecular weight is 159 g/mol. The molecule has 1 aromatic heterocycles. The summed E-state index contributed by atoms with van der Waals surface area (Å²) in [6.07, 6.45) is 1.69. The second kappa shape index (κ2) is 3.95. The van der Waals surface area contributed by atoms with Crippen LogP contribution >= 0.6 is 0 Å². The van der Waals surface area contributed by atoms with E-state index >= 15 is 0 Å². The first-order valence-corrected chi connectivity index (χ1v) is 2.64. The Morgan fingerprint density at radius 2 is 2.30 bits per heavy atom. The van der Waals surface area contributed by atoms with Crippen molar-refractivity contribution in [1.82, 2.24) is 0 Å². The minimum Gasteiger partial charge on any atom is -1.00 e. The Balaban J connectivity index is 0.000000810. The molecule has 1 heterocycles. The summed E-state index contributed by atoms with van der Waals surface area (Å²) in [5.41, 5.74) is 1.40. The molecule has 0 bridgehead atoms. The summed E-state index contributed by atoms with van der Waals surface area (Å²) in [6, 6.07) is 3.31. The number of aromatic nitrogens is 1. The van der Waals surface area contributed by atoms with Crippen molar-refractivity contribution in [3.8, 4) is 0 Å². The Morgan fingerprint density at radius 1 is 1.60 bits per heavy atom. The number of rotatable bonds is 1. The van der Waals surface area contributed by atoms with Crippen LogP contribution in [0.1, 0.15) is 5.69 Å². The van der Waals surface area contributed by atoms with Gasteiger partial charge in [0.15, 0.2) is 11.9 Å². The number of nitrogens with one attached hydrogen (secondary N) is 1. The summed E-state index contributed by atoms with van der Waals surface area (Å²) in [5.74, 6) is 0. The number of H-pyrrole nitrogens is 1. The van der Waals surface area contributed by atoms with E-state index in [4.69, 9.17) is 0 Å². The van der Waals surface area contributed by atoms with Gasteiger partial charge < -0.3 is 12.4 Å². The highest BCUT2D eigenvalue weighted by atomic mass is 35.5. The van der Waals surface area contributed by atoms with Crippen molar-refractivity contribution in [2.75, 3.05) is 0 Å². The highest BCUT2D eigenvalue weighted by Gasteiger charge is 1.94. The number of halogens is 1. The van der Waals surface area contributed by atoms with E-state index in [1.54, 1.807) is 18.3 Å². The van der Waals surface area contributed by atoms with Crippen molar-refractivity contribution >= 4 is 5.69 Å². The molecular formula is C6H7ClN2O. The number of hydrogen-bond acceptors (Lipinski definition) is 2. The minimum atomic E-state index is 0. The van der Waals surface area contributed by atoms with E-state index in [0.717, 1.165) is 5.69 Å². The number of aromatic amines is 1. The van der Waals surface area contributed by atoms with E-state index in [-0.39, 0.29) is 12.4 Å². The topological polar surface area (TPSA) is 43.6 Å². The zero-order valence-electron chi connectivity index (χ0n) is 5.47. The molecule has 1 rings (SSSR count). The van der Waals surface area contributed by atoms with Crippen molar-refractivity contribution in [2.45, 2.75) is 6.92 Å². The van der Waals surface area contributed by atoms with Crippen LogP contribution < -0.4 is 17.4 Å². The van der Waals surface area contributed by atoms with Crippen LogP contribution in [0.5, 0.6) is 0 Å². The standard InChI is InChI=1S/C6H6N2O.ClH/c1-5-4-6(8-9)2-3-7-5;/h2-4H,1H3;1H. The second-order valence-electron chi connectivity index (χ2n) is 1.82. The summed E-state index contributed by atoms with van der Waals surface area (Å²) in [7, 11) is 0. The molecule has 0 atom stereocenters. The number of pyridine rings is 1. The van der Waals surface area contributed by atoms with Crippen LogP contribution in [0.3, 0.4) is 0 Å². The predicted octanol–water partition coefficient (Wildman–Crippen LogP) is -1.79. The molecule has 3 nitrogen and oxygen atoms in total. The third kappa shape index (κ3) is 2.11. The second-order valence-corrected chi connectivity index (χ2v) is 1.82. The summed E-state index contributed by atoms with van der Waals surface area (Å²) in [5, 5.41) is 2.76. The van der Waals surface area contributed by atoms with Gasteiger partial charge in [0, 0.05) is 19.1 Å². The van der Waals surface area contributed by atoms with Gasteiger partial charge in [0.1, 0.15) is 5.69 Å². The summed E-state index contributed by atoms with van der Waals surface area (Å²) in [6.45, 7) is 1.87. The fraction of sp³-hybridized carbons (Fsp3) is 0.167. The summed E-state index contributed by atoms with van der Waals surface area (Å²) < 4.78 is 0. The lowest BCUT2D eigenvalue weighted by molar-refractivity contribution is -0.387. The number of aryl methyl sites for hydroxylation is 1. The molecule has 0 saturated carbocycles. The molecular weight excluding hydrogens is 152 g/mol. The quantitative estimate of drug-likeness (QED) is 0.446. The van der Waals surface area contributed by atoms with E-state index in [0.29, 0.717) is 5.69 Å². The highest BCUT2D eigenvalue weighted by molar-refractivity contribution is 5.33. The van der Waals surface area contributed by atoms with Crippen LogP contribution in [0, 0.1) is 11.8 Å². The van der Waals surface area contributed by atoms with E-state index < -0.39 is 0 Å². The van der Waals surface area contributed by atoms with E-state index in [9.17, 15) is 4.91 Å². The number of nitrogens with zero attached hydrogens (tertiary/aromatic N) is 1. The summed E-state index contributed by atoms with van der Waals surface area (Å²) >= 11 is 0. The van der Waals surface area contributed by atoms with Gasteiger partial charge in [-0.25, -0.2) is 4.98 Å². The molecule has 0 fully saturated rings. The molecule has 0 aliphatic heterocycles. The van der Waals surface area contributed by atoms with Crippen LogP contribution in [-0.4, -0.2) is 0 Å². The SMILES string of the molecule is Cc1cc(N=O)cc[nH+]1.[Cl-].